The quantitative estimate of drug-likeness (QED) is 0.657. The number of nitrogens with zero attached hydrogens (tertiary/aromatic N) is 2. The number of benzene rings is 2. The van der Waals surface area contributed by atoms with Crippen molar-refractivity contribution in [3.8, 4) is 16.3 Å². The minimum Gasteiger partial charge on any atom is -0.497 e. The molecule has 0 atom stereocenters. The van der Waals surface area contributed by atoms with Gasteiger partial charge in [-0.25, -0.2) is 4.98 Å². The number of aryl methyl sites for hydroxylation is 1. The number of aromatic nitrogens is 1. The fourth-order valence-corrected chi connectivity index (χ4v) is 3.47. The Kier molecular flexibility index (Phi) is 6.08. The Morgan fingerprint density at radius 1 is 1.19 bits per heavy atom. The third-order valence-corrected chi connectivity index (χ3v) is 5.08. The van der Waals surface area contributed by atoms with Crippen LogP contribution in [0.25, 0.3) is 10.6 Å². The van der Waals surface area contributed by atoms with Crippen molar-refractivity contribution in [2.75, 3.05) is 31.4 Å². The predicted octanol–water partition coefficient (Wildman–Crippen LogP) is 4.46. The molecule has 0 spiro atoms. The van der Waals surface area contributed by atoms with Crippen molar-refractivity contribution in [3.05, 3.63) is 59.6 Å². The predicted molar refractivity (Wildman–Crippen MR) is 112 cm³/mol. The number of hydrogen-bond acceptors (Lipinski definition) is 5. The highest BCUT2D eigenvalue weighted by Crippen LogP contribution is 2.27. The third kappa shape index (κ3) is 5.08. The molecule has 27 heavy (non-hydrogen) atoms. The SMILES string of the molecule is COc1cccc(-c2nc(CCC(=O)Nc3ccc(N(C)C)cc3)cs2)c1. The molecule has 0 saturated heterocycles. The molecule has 1 amide bonds. The Morgan fingerprint density at radius 3 is 2.67 bits per heavy atom. The van der Waals surface area contributed by atoms with Gasteiger partial charge in [-0.15, -0.1) is 11.3 Å². The lowest BCUT2D eigenvalue weighted by atomic mass is 10.2. The number of carbonyl (C=O) groups is 1. The first-order chi connectivity index (χ1) is 13.0. The Hall–Kier alpha value is -2.86. The zero-order valence-corrected chi connectivity index (χ0v) is 16.5. The number of hydrogen-bond donors (Lipinski definition) is 1. The minimum absolute atomic E-state index is 0.0106. The van der Waals surface area contributed by atoms with E-state index in [-0.39, 0.29) is 5.91 Å². The van der Waals surface area contributed by atoms with Crippen LogP contribution in [0.2, 0.25) is 0 Å². The molecule has 0 fully saturated rings. The Labute approximate surface area is 163 Å². The monoisotopic (exact) mass is 381 g/mol. The summed E-state index contributed by atoms with van der Waals surface area (Å²) in [5.41, 5.74) is 3.86. The van der Waals surface area contributed by atoms with Crippen molar-refractivity contribution < 1.29 is 9.53 Å². The van der Waals surface area contributed by atoms with Crippen molar-refractivity contribution in [3.63, 3.8) is 0 Å². The van der Waals surface area contributed by atoms with Gasteiger partial charge >= 0.3 is 0 Å². The van der Waals surface area contributed by atoms with Crippen LogP contribution in [-0.4, -0.2) is 32.1 Å². The molecule has 0 saturated carbocycles. The average molecular weight is 382 g/mol. The van der Waals surface area contributed by atoms with Crippen LogP contribution in [0.15, 0.2) is 53.9 Å². The van der Waals surface area contributed by atoms with Gasteiger partial charge in [-0.2, -0.15) is 0 Å². The van der Waals surface area contributed by atoms with Crippen LogP contribution in [0.4, 0.5) is 11.4 Å². The summed E-state index contributed by atoms with van der Waals surface area (Å²) < 4.78 is 5.26. The molecular weight excluding hydrogens is 358 g/mol. The van der Waals surface area contributed by atoms with Crippen LogP contribution in [0.1, 0.15) is 12.1 Å². The van der Waals surface area contributed by atoms with Gasteiger partial charge in [0.25, 0.3) is 0 Å². The highest BCUT2D eigenvalue weighted by atomic mass is 32.1. The second-order valence-corrected chi connectivity index (χ2v) is 7.22. The van der Waals surface area contributed by atoms with Crippen LogP contribution < -0.4 is 15.0 Å². The highest BCUT2D eigenvalue weighted by molar-refractivity contribution is 7.13. The van der Waals surface area contributed by atoms with Gasteiger partial charge in [0.2, 0.25) is 5.91 Å². The molecule has 0 aliphatic carbocycles. The summed E-state index contributed by atoms with van der Waals surface area (Å²) >= 11 is 1.58. The fourth-order valence-electron chi connectivity index (χ4n) is 2.62. The van der Waals surface area contributed by atoms with E-state index in [0.717, 1.165) is 33.4 Å². The Morgan fingerprint density at radius 2 is 1.96 bits per heavy atom. The lowest BCUT2D eigenvalue weighted by Gasteiger charge is -2.13. The van der Waals surface area contributed by atoms with E-state index in [2.05, 4.69) is 10.3 Å². The van der Waals surface area contributed by atoms with Crippen LogP contribution >= 0.6 is 11.3 Å². The Bertz CT molecular complexity index is 904. The van der Waals surface area contributed by atoms with Gasteiger partial charge < -0.3 is 15.0 Å². The van der Waals surface area contributed by atoms with Crippen LogP contribution in [0.5, 0.6) is 5.75 Å². The molecule has 0 radical (unpaired) electrons. The normalized spacial score (nSPS) is 10.5. The third-order valence-electron chi connectivity index (χ3n) is 4.14. The zero-order valence-electron chi connectivity index (χ0n) is 15.7. The fraction of sp³-hybridized carbons (Fsp3) is 0.238. The molecule has 0 aliphatic rings. The second kappa shape index (κ2) is 8.68. The molecule has 2 aromatic carbocycles. The topological polar surface area (TPSA) is 54.5 Å². The van der Waals surface area contributed by atoms with E-state index >= 15 is 0 Å². The summed E-state index contributed by atoms with van der Waals surface area (Å²) in [5.74, 6) is 0.799. The molecule has 1 N–H and O–H groups in total. The lowest BCUT2D eigenvalue weighted by molar-refractivity contribution is -0.116. The van der Waals surface area contributed by atoms with Gasteiger partial charge in [0.1, 0.15) is 10.8 Å². The van der Waals surface area contributed by atoms with Crippen LogP contribution in [-0.2, 0) is 11.2 Å². The largest absolute Gasteiger partial charge is 0.497 e. The first-order valence-corrected chi connectivity index (χ1v) is 9.59. The minimum atomic E-state index is -0.0106. The maximum Gasteiger partial charge on any atom is 0.224 e. The summed E-state index contributed by atoms with van der Waals surface area (Å²) in [6, 6.07) is 15.6. The smallest absolute Gasteiger partial charge is 0.224 e. The molecule has 1 aromatic heterocycles. The lowest BCUT2D eigenvalue weighted by Crippen LogP contribution is -2.13. The van der Waals surface area contributed by atoms with Gasteiger partial charge in [0, 0.05) is 42.8 Å². The molecule has 1 heterocycles. The van der Waals surface area contributed by atoms with E-state index in [4.69, 9.17) is 4.74 Å². The van der Waals surface area contributed by atoms with E-state index in [1.54, 1.807) is 18.4 Å². The molecule has 6 heteroatoms. The molecule has 0 bridgehead atoms. The number of carbonyl (C=O) groups excluding carboxylic acids is 1. The molecule has 140 valence electrons. The number of anilines is 2. The second-order valence-electron chi connectivity index (χ2n) is 6.37. The van der Waals surface area contributed by atoms with Gasteiger partial charge in [-0.3, -0.25) is 4.79 Å². The first-order valence-electron chi connectivity index (χ1n) is 8.71. The van der Waals surface area contributed by atoms with Gasteiger partial charge in [-0.05, 0) is 42.8 Å². The molecule has 5 nitrogen and oxygen atoms in total. The Balaban J connectivity index is 1.55. The van der Waals surface area contributed by atoms with E-state index in [1.807, 2.05) is 72.9 Å². The van der Waals surface area contributed by atoms with Crippen molar-refractivity contribution in [1.82, 2.24) is 4.98 Å². The van der Waals surface area contributed by atoms with Gasteiger partial charge in [0.15, 0.2) is 0 Å². The standard InChI is InChI=1S/C21H23N3O2S/c1-24(2)18-10-7-16(8-11-18)22-20(25)12-9-17-14-27-21(23-17)15-5-4-6-19(13-15)26-3/h4-8,10-11,13-14H,9,12H2,1-3H3,(H,22,25). The van der Waals surface area contributed by atoms with Crippen molar-refractivity contribution in [2.45, 2.75) is 12.8 Å². The molecule has 3 rings (SSSR count). The molecule has 0 unspecified atom stereocenters. The summed E-state index contributed by atoms with van der Waals surface area (Å²) in [5, 5.41) is 5.88. The van der Waals surface area contributed by atoms with Crippen molar-refractivity contribution in [2.24, 2.45) is 0 Å². The van der Waals surface area contributed by atoms with E-state index in [0.29, 0.717) is 12.8 Å². The van der Waals surface area contributed by atoms with Crippen LogP contribution in [0.3, 0.4) is 0 Å². The summed E-state index contributed by atoms with van der Waals surface area (Å²) in [6.45, 7) is 0. The summed E-state index contributed by atoms with van der Waals surface area (Å²) in [4.78, 5) is 18.9. The first kappa shape index (κ1) is 18.9. The molecular formula is C21H23N3O2S. The number of thiazole rings is 1. The van der Waals surface area contributed by atoms with E-state index in [9.17, 15) is 4.79 Å². The number of amides is 1. The maximum atomic E-state index is 12.2. The van der Waals surface area contributed by atoms with Gasteiger partial charge in [-0.1, -0.05) is 12.1 Å². The highest BCUT2D eigenvalue weighted by Gasteiger charge is 2.09. The number of methoxy groups -OCH3 is 1. The van der Waals surface area contributed by atoms with Crippen molar-refractivity contribution >= 4 is 28.6 Å². The summed E-state index contributed by atoms with van der Waals surface area (Å²) in [7, 11) is 5.63. The van der Waals surface area contributed by atoms with E-state index in [1.165, 1.54) is 0 Å². The van der Waals surface area contributed by atoms with Crippen molar-refractivity contribution in [1.29, 1.82) is 0 Å². The number of ether oxygens (including phenoxy) is 1. The number of rotatable bonds is 7. The summed E-state index contributed by atoms with van der Waals surface area (Å²) in [6.07, 6.45) is 1.01. The van der Waals surface area contributed by atoms with Crippen LogP contribution in [0, 0.1) is 0 Å². The maximum absolute atomic E-state index is 12.2. The average Bonchev–Trinajstić information content (AvgIpc) is 3.16. The molecule has 0 aliphatic heterocycles. The van der Waals surface area contributed by atoms with Gasteiger partial charge in [0.05, 0.1) is 12.8 Å². The zero-order chi connectivity index (χ0) is 19.2. The number of nitrogens with one attached hydrogen (secondary N) is 1. The molecule has 3 aromatic rings. The van der Waals surface area contributed by atoms with E-state index < -0.39 is 0 Å².